The lowest BCUT2D eigenvalue weighted by atomic mass is 10.2. The molecule has 0 atom stereocenters. The fourth-order valence-corrected chi connectivity index (χ4v) is 3.81. The number of hydrogen-bond donors (Lipinski definition) is 0. The molecule has 1 aromatic heterocycles. The molecule has 0 aliphatic carbocycles. The van der Waals surface area contributed by atoms with E-state index in [-0.39, 0.29) is 23.1 Å². The van der Waals surface area contributed by atoms with E-state index in [1.807, 2.05) is 23.1 Å². The third kappa shape index (κ3) is 4.37. The van der Waals surface area contributed by atoms with E-state index in [9.17, 15) is 14.4 Å². The monoisotopic (exact) mass is 395 g/mol. The maximum atomic E-state index is 12.9. The Hall–Kier alpha value is -3.00. The SMILES string of the molecule is O=C(CN1CCN(C(=O)c2ccc(=O)n(-c3ccccc3)n2)CC1)N1CCCC1. The number of carbonyl (C=O) groups excluding carboxylic acids is 2. The van der Waals surface area contributed by atoms with Gasteiger partial charge in [0.05, 0.1) is 12.2 Å². The Balaban J connectivity index is 1.38. The molecule has 152 valence electrons. The van der Waals surface area contributed by atoms with Gasteiger partial charge in [-0.25, -0.2) is 0 Å². The molecule has 4 rings (SSSR count). The number of nitrogens with zero attached hydrogens (tertiary/aromatic N) is 5. The highest BCUT2D eigenvalue weighted by atomic mass is 16.2. The number of amides is 2. The first-order valence-electron chi connectivity index (χ1n) is 10.1. The summed E-state index contributed by atoms with van der Waals surface area (Å²) in [6.45, 7) is 4.53. The summed E-state index contributed by atoms with van der Waals surface area (Å²) >= 11 is 0. The van der Waals surface area contributed by atoms with Crippen molar-refractivity contribution in [3.8, 4) is 5.69 Å². The van der Waals surface area contributed by atoms with Crippen LogP contribution in [-0.2, 0) is 4.79 Å². The molecule has 8 nitrogen and oxygen atoms in total. The molecule has 8 heteroatoms. The van der Waals surface area contributed by atoms with Crippen LogP contribution < -0.4 is 5.56 Å². The van der Waals surface area contributed by atoms with Crippen molar-refractivity contribution in [3.05, 3.63) is 58.5 Å². The summed E-state index contributed by atoms with van der Waals surface area (Å²) < 4.78 is 1.25. The van der Waals surface area contributed by atoms with Crippen LogP contribution in [0.2, 0.25) is 0 Å². The molecule has 29 heavy (non-hydrogen) atoms. The van der Waals surface area contributed by atoms with Crippen LogP contribution in [0.3, 0.4) is 0 Å². The van der Waals surface area contributed by atoms with Gasteiger partial charge in [0.25, 0.3) is 11.5 Å². The van der Waals surface area contributed by atoms with Gasteiger partial charge in [0.1, 0.15) is 5.69 Å². The smallest absolute Gasteiger partial charge is 0.274 e. The number of likely N-dealkylation sites (tertiary alicyclic amines) is 1. The zero-order chi connectivity index (χ0) is 20.2. The molecule has 2 aliphatic heterocycles. The lowest BCUT2D eigenvalue weighted by Crippen LogP contribution is -2.51. The highest BCUT2D eigenvalue weighted by molar-refractivity contribution is 5.92. The predicted octanol–water partition coefficient (Wildman–Crippen LogP) is 0.613. The largest absolute Gasteiger partial charge is 0.342 e. The van der Waals surface area contributed by atoms with Crippen LogP contribution in [-0.4, -0.2) is 82.1 Å². The third-order valence-electron chi connectivity index (χ3n) is 5.50. The van der Waals surface area contributed by atoms with Gasteiger partial charge in [0, 0.05) is 45.3 Å². The van der Waals surface area contributed by atoms with Gasteiger partial charge in [0.2, 0.25) is 5.91 Å². The van der Waals surface area contributed by atoms with E-state index >= 15 is 0 Å². The van der Waals surface area contributed by atoms with Crippen LogP contribution in [0.1, 0.15) is 23.3 Å². The van der Waals surface area contributed by atoms with E-state index in [0.717, 1.165) is 25.9 Å². The first-order chi connectivity index (χ1) is 14.1. The van der Waals surface area contributed by atoms with Crippen molar-refractivity contribution in [1.82, 2.24) is 24.5 Å². The Labute approximate surface area is 169 Å². The van der Waals surface area contributed by atoms with Crippen LogP contribution in [0.25, 0.3) is 5.69 Å². The minimum atomic E-state index is -0.280. The van der Waals surface area contributed by atoms with Crippen LogP contribution >= 0.6 is 0 Å². The minimum Gasteiger partial charge on any atom is -0.342 e. The molecular formula is C21H25N5O3. The molecule has 2 fully saturated rings. The fourth-order valence-electron chi connectivity index (χ4n) is 3.81. The van der Waals surface area contributed by atoms with E-state index < -0.39 is 0 Å². The highest BCUT2D eigenvalue weighted by Crippen LogP contribution is 2.11. The Bertz CT molecular complexity index is 929. The predicted molar refractivity (Wildman–Crippen MR) is 108 cm³/mol. The molecule has 0 N–H and O–H groups in total. The first kappa shape index (κ1) is 19.3. The van der Waals surface area contributed by atoms with E-state index in [1.165, 1.54) is 16.8 Å². The fraction of sp³-hybridized carbons (Fsp3) is 0.429. The Morgan fingerprint density at radius 1 is 0.828 bits per heavy atom. The maximum absolute atomic E-state index is 12.9. The molecule has 3 heterocycles. The van der Waals surface area contributed by atoms with Crippen molar-refractivity contribution in [2.75, 3.05) is 45.8 Å². The Morgan fingerprint density at radius 3 is 2.21 bits per heavy atom. The summed E-state index contributed by atoms with van der Waals surface area (Å²) in [5.41, 5.74) is 0.588. The van der Waals surface area contributed by atoms with Gasteiger partial charge in [0.15, 0.2) is 0 Å². The third-order valence-corrected chi connectivity index (χ3v) is 5.50. The number of rotatable bonds is 4. The van der Waals surface area contributed by atoms with Crippen molar-refractivity contribution < 1.29 is 9.59 Å². The molecule has 2 aliphatic rings. The molecule has 2 amide bonds. The second kappa shape index (κ2) is 8.57. The number of hydrogen-bond acceptors (Lipinski definition) is 5. The molecule has 0 spiro atoms. The summed E-state index contributed by atoms with van der Waals surface area (Å²) in [6.07, 6.45) is 2.18. The molecule has 0 radical (unpaired) electrons. The Kier molecular flexibility index (Phi) is 5.71. The normalized spacial score (nSPS) is 17.5. The second-order valence-corrected chi connectivity index (χ2v) is 7.46. The van der Waals surface area contributed by atoms with Gasteiger partial charge in [-0.2, -0.15) is 9.78 Å². The molecule has 0 saturated carbocycles. The molecular weight excluding hydrogens is 370 g/mol. The highest BCUT2D eigenvalue weighted by Gasteiger charge is 2.26. The second-order valence-electron chi connectivity index (χ2n) is 7.46. The quantitative estimate of drug-likeness (QED) is 0.758. The molecule has 2 aromatic rings. The summed E-state index contributed by atoms with van der Waals surface area (Å²) in [5, 5.41) is 4.28. The maximum Gasteiger partial charge on any atom is 0.274 e. The van der Waals surface area contributed by atoms with E-state index in [1.54, 1.807) is 17.0 Å². The standard InChI is InChI=1S/C21H25N5O3/c27-19-9-8-18(22-26(19)17-6-2-1-3-7-17)21(29)25-14-12-23(13-15-25)16-20(28)24-10-4-5-11-24/h1-3,6-9H,4-5,10-16H2. The molecule has 1 aromatic carbocycles. The first-order valence-corrected chi connectivity index (χ1v) is 10.1. The number of benzene rings is 1. The van der Waals surface area contributed by atoms with Crippen molar-refractivity contribution in [3.63, 3.8) is 0 Å². The van der Waals surface area contributed by atoms with Crippen LogP contribution in [0.15, 0.2) is 47.3 Å². The lowest BCUT2D eigenvalue weighted by Gasteiger charge is -2.34. The van der Waals surface area contributed by atoms with Gasteiger partial charge in [-0.3, -0.25) is 19.3 Å². The van der Waals surface area contributed by atoms with Gasteiger partial charge < -0.3 is 9.80 Å². The van der Waals surface area contributed by atoms with E-state index in [4.69, 9.17) is 0 Å². The molecule has 2 saturated heterocycles. The van der Waals surface area contributed by atoms with Crippen LogP contribution in [0.5, 0.6) is 0 Å². The zero-order valence-corrected chi connectivity index (χ0v) is 16.4. The average molecular weight is 395 g/mol. The summed E-state index contributed by atoms with van der Waals surface area (Å²) in [6, 6.07) is 11.9. The van der Waals surface area contributed by atoms with Crippen LogP contribution in [0.4, 0.5) is 0 Å². The van der Waals surface area contributed by atoms with E-state index in [2.05, 4.69) is 10.00 Å². The van der Waals surface area contributed by atoms with Gasteiger partial charge in [-0.1, -0.05) is 18.2 Å². The lowest BCUT2D eigenvalue weighted by molar-refractivity contribution is -0.131. The number of aromatic nitrogens is 2. The van der Waals surface area contributed by atoms with Crippen molar-refractivity contribution in [2.45, 2.75) is 12.8 Å². The topological polar surface area (TPSA) is 78.8 Å². The van der Waals surface area contributed by atoms with Crippen molar-refractivity contribution >= 4 is 11.8 Å². The summed E-state index contributed by atoms with van der Waals surface area (Å²) in [5.74, 6) is -0.0147. The molecule has 0 unspecified atom stereocenters. The number of carbonyl (C=O) groups is 2. The number of para-hydroxylation sites is 1. The summed E-state index contributed by atoms with van der Waals surface area (Å²) in [7, 11) is 0. The Morgan fingerprint density at radius 2 is 1.52 bits per heavy atom. The number of piperazine rings is 1. The van der Waals surface area contributed by atoms with Crippen LogP contribution in [0, 0.1) is 0 Å². The molecule has 0 bridgehead atoms. The zero-order valence-electron chi connectivity index (χ0n) is 16.4. The van der Waals surface area contributed by atoms with Gasteiger partial charge >= 0.3 is 0 Å². The van der Waals surface area contributed by atoms with Crippen molar-refractivity contribution in [1.29, 1.82) is 0 Å². The average Bonchev–Trinajstić information content (AvgIpc) is 3.30. The van der Waals surface area contributed by atoms with E-state index in [0.29, 0.717) is 38.4 Å². The van der Waals surface area contributed by atoms with Gasteiger partial charge in [-0.05, 0) is 31.0 Å². The van der Waals surface area contributed by atoms with Gasteiger partial charge in [-0.15, -0.1) is 0 Å². The minimum absolute atomic E-state index is 0.180. The van der Waals surface area contributed by atoms with Crippen molar-refractivity contribution in [2.24, 2.45) is 0 Å². The summed E-state index contributed by atoms with van der Waals surface area (Å²) in [4.78, 5) is 43.1.